The molecule has 0 spiro atoms. The monoisotopic (exact) mass is 471 g/mol. The van der Waals surface area contributed by atoms with E-state index in [1.807, 2.05) is 66.4 Å². The molecule has 2 aromatic heterocycles. The van der Waals surface area contributed by atoms with E-state index in [-0.39, 0.29) is 11.5 Å². The SMILES string of the molecule is COc1ccc(N2CCN(c3ncnc(Nc4cccc5nc(C)ccc45)c3[N+](=O)[O-])CC2)cc1. The van der Waals surface area contributed by atoms with Gasteiger partial charge >= 0.3 is 5.69 Å². The van der Waals surface area contributed by atoms with Gasteiger partial charge in [0.1, 0.15) is 12.1 Å². The molecule has 0 atom stereocenters. The Balaban J connectivity index is 1.40. The lowest BCUT2D eigenvalue weighted by Gasteiger charge is -2.36. The second kappa shape index (κ2) is 9.41. The van der Waals surface area contributed by atoms with Crippen molar-refractivity contribution in [3.63, 3.8) is 0 Å². The van der Waals surface area contributed by atoms with Crippen LogP contribution in [0.25, 0.3) is 10.9 Å². The number of aryl methyl sites for hydroxylation is 1. The minimum Gasteiger partial charge on any atom is -0.497 e. The fourth-order valence-corrected chi connectivity index (χ4v) is 4.32. The number of fused-ring (bicyclic) bond motifs is 1. The number of nitrogens with one attached hydrogen (secondary N) is 1. The number of piperazine rings is 1. The number of ether oxygens (including phenoxy) is 1. The topological polar surface area (TPSA) is 110 Å². The second-order valence-corrected chi connectivity index (χ2v) is 8.27. The van der Waals surface area contributed by atoms with E-state index in [9.17, 15) is 10.1 Å². The Hall–Kier alpha value is -4.47. The quantitative estimate of drug-likeness (QED) is 0.325. The van der Waals surface area contributed by atoms with Gasteiger partial charge in [-0.15, -0.1) is 0 Å². The van der Waals surface area contributed by atoms with E-state index in [4.69, 9.17) is 4.74 Å². The lowest BCUT2D eigenvalue weighted by Crippen LogP contribution is -2.47. The highest BCUT2D eigenvalue weighted by atomic mass is 16.6. The average Bonchev–Trinajstić information content (AvgIpc) is 2.88. The minimum absolute atomic E-state index is 0.137. The number of rotatable bonds is 6. The first-order valence-corrected chi connectivity index (χ1v) is 11.3. The first-order valence-electron chi connectivity index (χ1n) is 11.3. The van der Waals surface area contributed by atoms with Crippen molar-refractivity contribution in [2.75, 3.05) is 48.4 Å². The molecule has 0 bridgehead atoms. The summed E-state index contributed by atoms with van der Waals surface area (Å²) in [6, 6.07) is 17.4. The first kappa shape index (κ1) is 22.3. The summed E-state index contributed by atoms with van der Waals surface area (Å²) >= 11 is 0. The van der Waals surface area contributed by atoms with Crippen LogP contribution in [0, 0.1) is 17.0 Å². The van der Waals surface area contributed by atoms with Crippen molar-refractivity contribution in [3.05, 3.63) is 76.7 Å². The molecule has 1 fully saturated rings. The van der Waals surface area contributed by atoms with Crippen molar-refractivity contribution >= 4 is 39.6 Å². The molecule has 1 aliphatic heterocycles. The maximum atomic E-state index is 12.2. The van der Waals surface area contributed by atoms with E-state index in [0.29, 0.717) is 37.7 Å². The van der Waals surface area contributed by atoms with Crippen molar-refractivity contribution in [1.29, 1.82) is 0 Å². The van der Waals surface area contributed by atoms with E-state index in [1.165, 1.54) is 6.33 Å². The Labute approximate surface area is 202 Å². The molecule has 0 amide bonds. The fraction of sp³-hybridized carbons (Fsp3) is 0.240. The van der Waals surface area contributed by atoms with Crippen LogP contribution in [0.3, 0.4) is 0 Å². The van der Waals surface area contributed by atoms with Gasteiger partial charge in [0.15, 0.2) is 0 Å². The van der Waals surface area contributed by atoms with Gasteiger partial charge in [0.05, 0.1) is 17.5 Å². The number of pyridine rings is 1. The Bertz CT molecular complexity index is 1370. The maximum absolute atomic E-state index is 12.2. The largest absolute Gasteiger partial charge is 0.497 e. The normalized spacial score (nSPS) is 13.7. The van der Waals surface area contributed by atoms with Crippen molar-refractivity contribution in [3.8, 4) is 5.75 Å². The summed E-state index contributed by atoms with van der Waals surface area (Å²) in [6.07, 6.45) is 1.37. The summed E-state index contributed by atoms with van der Waals surface area (Å²) < 4.78 is 5.24. The van der Waals surface area contributed by atoms with Crippen LogP contribution in [-0.2, 0) is 0 Å². The Morgan fingerprint density at radius 3 is 2.43 bits per heavy atom. The number of nitrogens with zero attached hydrogens (tertiary/aromatic N) is 6. The molecule has 1 aliphatic rings. The Kier molecular flexibility index (Phi) is 6.01. The van der Waals surface area contributed by atoms with E-state index in [2.05, 4.69) is 25.2 Å². The van der Waals surface area contributed by atoms with Crippen LogP contribution in [0.5, 0.6) is 5.75 Å². The van der Waals surface area contributed by atoms with Crippen molar-refractivity contribution in [2.24, 2.45) is 0 Å². The summed E-state index contributed by atoms with van der Waals surface area (Å²) in [5.41, 5.74) is 3.36. The van der Waals surface area contributed by atoms with Gasteiger partial charge in [-0.2, -0.15) is 0 Å². The fourth-order valence-electron chi connectivity index (χ4n) is 4.32. The number of anilines is 4. The smallest absolute Gasteiger partial charge is 0.353 e. The molecule has 0 saturated carbocycles. The van der Waals surface area contributed by atoms with Crippen LogP contribution in [-0.4, -0.2) is 53.2 Å². The van der Waals surface area contributed by atoms with E-state index in [1.54, 1.807) is 7.11 Å². The molecular formula is C25H25N7O3. The molecule has 5 rings (SSSR count). The van der Waals surface area contributed by atoms with Crippen LogP contribution < -0.4 is 19.9 Å². The summed E-state index contributed by atoms with van der Waals surface area (Å²) in [6.45, 7) is 4.55. The van der Waals surface area contributed by atoms with Gasteiger partial charge in [0.25, 0.3) is 0 Å². The number of hydrogen-bond acceptors (Lipinski definition) is 9. The number of methoxy groups -OCH3 is 1. The summed E-state index contributed by atoms with van der Waals surface area (Å²) in [7, 11) is 1.64. The summed E-state index contributed by atoms with van der Waals surface area (Å²) in [5.74, 6) is 1.28. The molecule has 3 heterocycles. The highest BCUT2D eigenvalue weighted by Crippen LogP contribution is 2.36. The third-order valence-electron chi connectivity index (χ3n) is 6.13. The van der Waals surface area contributed by atoms with Crippen LogP contribution in [0.4, 0.5) is 28.7 Å². The molecule has 1 N–H and O–H groups in total. The van der Waals surface area contributed by atoms with Gasteiger partial charge in [-0.25, -0.2) is 9.97 Å². The molecule has 0 radical (unpaired) electrons. The molecule has 4 aromatic rings. The van der Waals surface area contributed by atoms with Gasteiger partial charge in [-0.3, -0.25) is 15.1 Å². The summed E-state index contributed by atoms with van der Waals surface area (Å²) in [5, 5.41) is 16.2. The number of nitro groups is 1. The van der Waals surface area contributed by atoms with Crippen LogP contribution in [0.1, 0.15) is 5.69 Å². The number of benzene rings is 2. The van der Waals surface area contributed by atoms with Gasteiger partial charge in [-0.1, -0.05) is 6.07 Å². The maximum Gasteiger partial charge on any atom is 0.353 e. The van der Waals surface area contributed by atoms with Gasteiger partial charge < -0.3 is 19.9 Å². The van der Waals surface area contributed by atoms with Crippen LogP contribution in [0.2, 0.25) is 0 Å². The minimum atomic E-state index is -0.416. The lowest BCUT2D eigenvalue weighted by molar-refractivity contribution is -0.383. The third kappa shape index (κ3) is 4.50. The molecule has 2 aromatic carbocycles. The Morgan fingerprint density at radius 1 is 0.971 bits per heavy atom. The molecule has 35 heavy (non-hydrogen) atoms. The molecule has 0 unspecified atom stereocenters. The lowest BCUT2D eigenvalue weighted by atomic mass is 10.1. The molecule has 0 aliphatic carbocycles. The second-order valence-electron chi connectivity index (χ2n) is 8.27. The predicted molar refractivity (Wildman–Crippen MR) is 136 cm³/mol. The summed E-state index contributed by atoms with van der Waals surface area (Å²) in [4.78, 5) is 29.0. The first-order chi connectivity index (χ1) is 17.0. The zero-order valence-corrected chi connectivity index (χ0v) is 19.5. The van der Waals surface area contributed by atoms with Gasteiger partial charge in [0, 0.05) is 48.6 Å². The predicted octanol–water partition coefficient (Wildman–Crippen LogP) is 4.32. The number of aromatic nitrogens is 3. The van der Waals surface area contributed by atoms with Crippen LogP contribution in [0.15, 0.2) is 60.9 Å². The van der Waals surface area contributed by atoms with Gasteiger partial charge in [-0.05, 0) is 55.5 Å². The van der Waals surface area contributed by atoms with E-state index >= 15 is 0 Å². The van der Waals surface area contributed by atoms with Crippen molar-refractivity contribution < 1.29 is 9.66 Å². The standard InChI is InChI=1S/C25H25N7O3/c1-17-6-11-20-21(28-17)4-3-5-22(20)29-24-23(32(33)34)25(27-16-26-24)31-14-12-30(13-15-31)18-7-9-19(35-2)10-8-18/h3-11,16H,12-15H2,1-2H3,(H,26,27,29). The highest BCUT2D eigenvalue weighted by molar-refractivity contribution is 5.94. The van der Waals surface area contributed by atoms with E-state index < -0.39 is 4.92 Å². The van der Waals surface area contributed by atoms with E-state index in [0.717, 1.165) is 28.0 Å². The Morgan fingerprint density at radius 2 is 1.71 bits per heavy atom. The average molecular weight is 472 g/mol. The van der Waals surface area contributed by atoms with Crippen molar-refractivity contribution in [1.82, 2.24) is 15.0 Å². The zero-order valence-electron chi connectivity index (χ0n) is 19.5. The molecule has 10 nitrogen and oxygen atoms in total. The van der Waals surface area contributed by atoms with Gasteiger partial charge in [0.2, 0.25) is 11.6 Å². The third-order valence-corrected chi connectivity index (χ3v) is 6.13. The molecular weight excluding hydrogens is 446 g/mol. The molecule has 1 saturated heterocycles. The number of hydrogen-bond donors (Lipinski definition) is 1. The van der Waals surface area contributed by atoms with Crippen molar-refractivity contribution in [2.45, 2.75) is 6.92 Å². The molecule has 10 heteroatoms. The highest BCUT2D eigenvalue weighted by Gasteiger charge is 2.29. The zero-order chi connectivity index (χ0) is 24.4. The van der Waals surface area contributed by atoms with Crippen LogP contribution >= 0.6 is 0 Å². The molecule has 178 valence electrons.